The number of ketones is 1. The molecule has 86 valence electrons. The first-order valence-corrected chi connectivity index (χ1v) is 4.74. The maximum absolute atomic E-state index is 11.6. The summed E-state index contributed by atoms with van der Waals surface area (Å²) < 4.78 is 0. The summed E-state index contributed by atoms with van der Waals surface area (Å²) in [4.78, 5) is 27.7. The molecule has 5 nitrogen and oxygen atoms in total. The minimum atomic E-state index is -0.952. The van der Waals surface area contributed by atoms with Crippen LogP contribution in [-0.2, 0) is 14.4 Å². The molecule has 0 fully saturated rings. The second-order valence-electron chi connectivity index (χ2n) is 3.24. The second-order valence-corrected chi connectivity index (χ2v) is 3.24. The minimum Gasteiger partial charge on any atom is -0.317 e. The topological polar surface area (TPSA) is 72.6 Å². The number of nitrogens with two attached hydrogens (primary N) is 1. The summed E-state index contributed by atoms with van der Waals surface area (Å²) >= 11 is 0. The van der Waals surface area contributed by atoms with Gasteiger partial charge in [-0.15, -0.1) is 0 Å². The van der Waals surface area contributed by atoms with Crippen LogP contribution < -0.4 is 5.73 Å². The molecule has 1 amide bonds. The van der Waals surface area contributed by atoms with E-state index in [2.05, 4.69) is 4.84 Å². The number of benzene rings is 1. The fourth-order valence-electron chi connectivity index (χ4n) is 1.18. The molecule has 5 heteroatoms. The molecule has 16 heavy (non-hydrogen) atoms. The smallest absolute Gasteiger partial charge is 0.315 e. The number of carbonyl (C=O) groups is 2. The third-order valence-corrected chi connectivity index (χ3v) is 2.21. The Labute approximate surface area is 93.7 Å². The van der Waals surface area contributed by atoms with E-state index in [1.54, 1.807) is 24.3 Å². The molecule has 1 rings (SSSR count). The van der Waals surface area contributed by atoms with Gasteiger partial charge in [-0.3, -0.25) is 14.4 Å². The Balaban J connectivity index is 2.79. The van der Waals surface area contributed by atoms with Crippen molar-refractivity contribution >= 4 is 11.7 Å². The third kappa shape index (κ3) is 2.65. The van der Waals surface area contributed by atoms with Gasteiger partial charge < -0.3 is 5.73 Å². The average molecular weight is 222 g/mol. The zero-order chi connectivity index (χ0) is 12.1. The van der Waals surface area contributed by atoms with Gasteiger partial charge in [0.25, 0.3) is 0 Å². The van der Waals surface area contributed by atoms with E-state index in [1.807, 2.05) is 6.07 Å². The number of likely N-dealkylation sites (N-methyl/N-ethyl adjacent to an activating group) is 1. The van der Waals surface area contributed by atoms with Crippen molar-refractivity contribution in [1.29, 1.82) is 0 Å². The van der Waals surface area contributed by atoms with E-state index in [1.165, 1.54) is 14.2 Å². The van der Waals surface area contributed by atoms with E-state index in [4.69, 9.17) is 5.73 Å². The van der Waals surface area contributed by atoms with Gasteiger partial charge in [0, 0.05) is 7.05 Å². The van der Waals surface area contributed by atoms with Crippen molar-refractivity contribution in [2.24, 2.45) is 5.73 Å². The molecule has 0 spiro atoms. The van der Waals surface area contributed by atoms with Gasteiger partial charge in [0.15, 0.2) is 0 Å². The van der Waals surface area contributed by atoms with E-state index >= 15 is 0 Å². The lowest BCUT2D eigenvalue weighted by atomic mass is 10.0. The molecule has 0 aliphatic heterocycles. The quantitative estimate of drug-likeness (QED) is 0.586. The first-order chi connectivity index (χ1) is 7.57. The van der Waals surface area contributed by atoms with Gasteiger partial charge in [-0.1, -0.05) is 30.3 Å². The maximum Gasteiger partial charge on any atom is 0.315 e. The van der Waals surface area contributed by atoms with Crippen molar-refractivity contribution in [1.82, 2.24) is 5.06 Å². The van der Waals surface area contributed by atoms with Crippen LogP contribution in [0.5, 0.6) is 0 Å². The fraction of sp³-hybridized carbons (Fsp3) is 0.273. The van der Waals surface area contributed by atoms with E-state index < -0.39 is 17.7 Å². The van der Waals surface area contributed by atoms with Crippen LogP contribution in [0.15, 0.2) is 30.3 Å². The van der Waals surface area contributed by atoms with E-state index in [-0.39, 0.29) is 0 Å². The van der Waals surface area contributed by atoms with Gasteiger partial charge in [0.05, 0.1) is 13.2 Å². The molecule has 0 heterocycles. The van der Waals surface area contributed by atoms with Crippen LogP contribution in [0.1, 0.15) is 11.6 Å². The largest absolute Gasteiger partial charge is 0.317 e. The number of carbonyl (C=O) groups excluding carboxylic acids is 2. The van der Waals surface area contributed by atoms with Gasteiger partial charge in [-0.05, 0) is 5.56 Å². The Hall–Kier alpha value is -1.72. The number of hydroxylamine groups is 2. The number of amides is 1. The SMILES string of the molecule is CON(C)C(=O)C(=O)[C@@H](N)c1ccccc1. The summed E-state index contributed by atoms with van der Waals surface area (Å²) in [6, 6.07) is 7.76. The molecule has 0 aliphatic rings. The molecule has 0 radical (unpaired) electrons. The zero-order valence-electron chi connectivity index (χ0n) is 9.21. The van der Waals surface area contributed by atoms with Crippen LogP contribution in [0.2, 0.25) is 0 Å². The molecule has 0 saturated carbocycles. The number of hydrogen-bond acceptors (Lipinski definition) is 4. The highest BCUT2D eigenvalue weighted by atomic mass is 16.7. The lowest BCUT2D eigenvalue weighted by Crippen LogP contribution is -2.38. The maximum atomic E-state index is 11.6. The van der Waals surface area contributed by atoms with E-state index in [0.29, 0.717) is 5.56 Å². The molecule has 0 bridgehead atoms. The Kier molecular flexibility index (Phi) is 4.16. The molecule has 0 aliphatic carbocycles. The molecular weight excluding hydrogens is 208 g/mol. The Bertz CT molecular complexity index is 378. The molecule has 0 saturated heterocycles. The van der Waals surface area contributed by atoms with Crippen molar-refractivity contribution in [3.63, 3.8) is 0 Å². The van der Waals surface area contributed by atoms with Gasteiger partial charge in [-0.2, -0.15) is 0 Å². The molecule has 2 N–H and O–H groups in total. The van der Waals surface area contributed by atoms with Crippen LogP contribution in [0.4, 0.5) is 0 Å². The lowest BCUT2D eigenvalue weighted by molar-refractivity contribution is -0.173. The first-order valence-electron chi connectivity index (χ1n) is 4.74. The molecule has 0 unspecified atom stereocenters. The molecular formula is C11H14N2O3. The number of hydrogen-bond donors (Lipinski definition) is 1. The molecule has 0 aromatic heterocycles. The summed E-state index contributed by atoms with van der Waals surface area (Å²) in [5.74, 6) is -1.46. The number of nitrogens with zero attached hydrogens (tertiary/aromatic N) is 1. The minimum absolute atomic E-state index is 0.602. The van der Waals surface area contributed by atoms with Gasteiger partial charge in [0.1, 0.15) is 0 Å². The van der Waals surface area contributed by atoms with Crippen molar-refractivity contribution in [3.05, 3.63) is 35.9 Å². The molecule has 1 aromatic rings. The average Bonchev–Trinajstić information content (AvgIpc) is 2.36. The lowest BCUT2D eigenvalue weighted by Gasteiger charge is -2.15. The van der Waals surface area contributed by atoms with Crippen LogP contribution in [0.25, 0.3) is 0 Å². The van der Waals surface area contributed by atoms with Crippen LogP contribution >= 0.6 is 0 Å². The summed E-state index contributed by atoms with van der Waals surface area (Å²) in [7, 11) is 2.66. The van der Waals surface area contributed by atoms with E-state index in [0.717, 1.165) is 5.06 Å². The summed E-state index contributed by atoms with van der Waals surface area (Å²) in [6.07, 6.45) is 0. The van der Waals surface area contributed by atoms with E-state index in [9.17, 15) is 9.59 Å². The molecule has 1 atom stereocenters. The van der Waals surface area contributed by atoms with Crippen LogP contribution in [0, 0.1) is 0 Å². The summed E-state index contributed by atoms with van der Waals surface area (Å²) in [5.41, 5.74) is 6.28. The fourth-order valence-corrected chi connectivity index (χ4v) is 1.18. The normalized spacial score (nSPS) is 11.9. The Morgan fingerprint density at radius 2 is 1.88 bits per heavy atom. The number of Topliss-reactive ketones (excluding diaryl/α,β-unsaturated/α-hetero) is 1. The van der Waals surface area contributed by atoms with Crippen molar-refractivity contribution in [2.75, 3.05) is 14.2 Å². The van der Waals surface area contributed by atoms with Crippen molar-refractivity contribution < 1.29 is 14.4 Å². The van der Waals surface area contributed by atoms with Crippen molar-refractivity contribution in [2.45, 2.75) is 6.04 Å². The highest BCUT2D eigenvalue weighted by Gasteiger charge is 2.26. The van der Waals surface area contributed by atoms with Gasteiger partial charge >= 0.3 is 5.91 Å². The standard InChI is InChI=1S/C11H14N2O3/c1-13(16-2)11(15)10(14)9(12)8-6-4-3-5-7-8/h3-7,9H,12H2,1-2H3/t9-/m0/s1. The predicted molar refractivity (Wildman–Crippen MR) is 58.2 cm³/mol. The number of rotatable bonds is 4. The highest BCUT2D eigenvalue weighted by molar-refractivity contribution is 6.37. The highest BCUT2D eigenvalue weighted by Crippen LogP contribution is 2.11. The van der Waals surface area contributed by atoms with Gasteiger partial charge in [0.2, 0.25) is 5.78 Å². The predicted octanol–water partition coefficient (Wildman–Crippen LogP) is 0.275. The second kappa shape index (κ2) is 5.39. The Morgan fingerprint density at radius 1 is 1.31 bits per heavy atom. The third-order valence-electron chi connectivity index (χ3n) is 2.21. The first kappa shape index (κ1) is 12.4. The van der Waals surface area contributed by atoms with Crippen LogP contribution in [0.3, 0.4) is 0 Å². The summed E-state index contributed by atoms with van der Waals surface area (Å²) in [5, 5.41) is 0.852. The monoisotopic (exact) mass is 222 g/mol. The Morgan fingerprint density at radius 3 is 2.38 bits per heavy atom. The van der Waals surface area contributed by atoms with Crippen molar-refractivity contribution in [3.8, 4) is 0 Å². The van der Waals surface area contributed by atoms with Crippen LogP contribution in [-0.4, -0.2) is 30.9 Å². The summed E-state index contributed by atoms with van der Waals surface area (Å²) in [6.45, 7) is 0. The van der Waals surface area contributed by atoms with Gasteiger partial charge in [-0.25, -0.2) is 5.06 Å². The zero-order valence-corrected chi connectivity index (χ0v) is 9.21. The molecule has 1 aromatic carbocycles.